The standard InChI is InChI=1S/C29H34F3NO3S/c1-6-7-8-9-22(27(34)35)17-21-12-15-24(16-18(21)2)36-28(4,5)25-19(3)33-26(37-25)20-10-13-23(14-11-20)29(30,31)32/h10-16,22H,6-9,17H2,1-5H3,(H,34,35). The largest absolute Gasteiger partial charge is 0.482 e. The highest BCUT2D eigenvalue weighted by Crippen LogP contribution is 2.39. The summed E-state index contributed by atoms with van der Waals surface area (Å²) in [4.78, 5) is 17.2. The third-order valence-electron chi connectivity index (χ3n) is 6.46. The van der Waals surface area contributed by atoms with Crippen LogP contribution in [-0.2, 0) is 23.0 Å². The first-order valence-corrected chi connectivity index (χ1v) is 13.3. The lowest BCUT2D eigenvalue weighted by atomic mass is 9.91. The number of thiazole rings is 1. The van der Waals surface area contributed by atoms with E-state index in [9.17, 15) is 23.1 Å². The molecule has 1 N–H and O–H groups in total. The topological polar surface area (TPSA) is 59.4 Å². The Labute approximate surface area is 220 Å². The average molecular weight is 534 g/mol. The van der Waals surface area contributed by atoms with E-state index in [-0.39, 0.29) is 0 Å². The highest BCUT2D eigenvalue weighted by molar-refractivity contribution is 7.15. The molecule has 1 aromatic heterocycles. The van der Waals surface area contributed by atoms with Crippen molar-refractivity contribution in [2.75, 3.05) is 0 Å². The van der Waals surface area contributed by atoms with E-state index in [1.807, 2.05) is 45.9 Å². The van der Waals surface area contributed by atoms with Crippen LogP contribution in [0.1, 0.15) is 73.7 Å². The van der Waals surface area contributed by atoms with E-state index in [0.717, 1.165) is 53.1 Å². The molecule has 0 amide bonds. The summed E-state index contributed by atoms with van der Waals surface area (Å²) in [6.07, 6.45) is -0.237. The third kappa shape index (κ3) is 7.34. The Morgan fingerprint density at radius 1 is 1.08 bits per heavy atom. The van der Waals surface area contributed by atoms with Gasteiger partial charge in [0.05, 0.1) is 22.1 Å². The van der Waals surface area contributed by atoms with Gasteiger partial charge in [-0.15, -0.1) is 11.3 Å². The number of halogens is 3. The molecule has 0 saturated carbocycles. The molecule has 0 fully saturated rings. The number of hydrogen-bond donors (Lipinski definition) is 1. The lowest BCUT2D eigenvalue weighted by Gasteiger charge is -2.26. The molecule has 0 saturated heterocycles. The Kier molecular flexibility index (Phi) is 9.05. The lowest BCUT2D eigenvalue weighted by Crippen LogP contribution is -2.25. The highest BCUT2D eigenvalue weighted by Gasteiger charge is 2.31. The number of hydrogen-bond acceptors (Lipinski definition) is 4. The smallest absolute Gasteiger partial charge is 0.416 e. The molecule has 3 rings (SSSR count). The van der Waals surface area contributed by atoms with Crippen LogP contribution in [0.2, 0.25) is 0 Å². The van der Waals surface area contributed by atoms with Gasteiger partial charge in [0.25, 0.3) is 0 Å². The number of ether oxygens (including phenoxy) is 1. The van der Waals surface area contributed by atoms with Crippen molar-refractivity contribution >= 4 is 17.3 Å². The van der Waals surface area contributed by atoms with Gasteiger partial charge in [0.1, 0.15) is 16.4 Å². The quantitative estimate of drug-likeness (QED) is 0.251. The maximum Gasteiger partial charge on any atom is 0.416 e. The van der Waals surface area contributed by atoms with Gasteiger partial charge in [-0.1, -0.05) is 44.4 Å². The predicted molar refractivity (Wildman–Crippen MR) is 141 cm³/mol. The SMILES string of the molecule is CCCCCC(Cc1ccc(OC(C)(C)c2sc(-c3ccc(C(F)(F)F)cc3)nc2C)cc1C)C(=O)O. The average Bonchev–Trinajstić information content (AvgIpc) is 3.22. The summed E-state index contributed by atoms with van der Waals surface area (Å²) in [7, 11) is 0. The molecular weight excluding hydrogens is 499 g/mol. The molecule has 0 radical (unpaired) electrons. The molecule has 8 heteroatoms. The molecule has 200 valence electrons. The van der Waals surface area contributed by atoms with Crippen LogP contribution in [0.4, 0.5) is 13.2 Å². The van der Waals surface area contributed by atoms with Crippen LogP contribution in [0.5, 0.6) is 5.75 Å². The zero-order chi connectivity index (χ0) is 27.4. The van der Waals surface area contributed by atoms with Crippen molar-refractivity contribution in [3.63, 3.8) is 0 Å². The zero-order valence-corrected chi connectivity index (χ0v) is 22.7. The second-order valence-electron chi connectivity index (χ2n) is 9.94. The molecule has 4 nitrogen and oxygen atoms in total. The molecule has 1 atom stereocenters. The summed E-state index contributed by atoms with van der Waals surface area (Å²) >= 11 is 1.40. The Morgan fingerprint density at radius 2 is 1.76 bits per heavy atom. The fraction of sp³-hybridized carbons (Fsp3) is 0.448. The van der Waals surface area contributed by atoms with E-state index in [4.69, 9.17) is 4.74 Å². The van der Waals surface area contributed by atoms with Crippen LogP contribution < -0.4 is 4.74 Å². The van der Waals surface area contributed by atoms with Gasteiger partial charge in [-0.3, -0.25) is 4.79 Å². The number of aliphatic carboxylic acids is 1. The van der Waals surface area contributed by atoms with Gasteiger partial charge < -0.3 is 9.84 Å². The first kappa shape index (κ1) is 28.7. The summed E-state index contributed by atoms with van der Waals surface area (Å²) in [6, 6.07) is 10.7. The summed E-state index contributed by atoms with van der Waals surface area (Å²) in [5, 5.41) is 10.3. The number of nitrogens with zero attached hydrogens (tertiary/aromatic N) is 1. The van der Waals surface area contributed by atoms with Crippen LogP contribution in [0.3, 0.4) is 0 Å². The van der Waals surface area contributed by atoms with Gasteiger partial charge in [0.15, 0.2) is 0 Å². The van der Waals surface area contributed by atoms with Crippen molar-refractivity contribution in [2.24, 2.45) is 5.92 Å². The predicted octanol–water partition coefficient (Wildman–Crippen LogP) is 8.58. The maximum atomic E-state index is 12.9. The van der Waals surface area contributed by atoms with Gasteiger partial charge in [0, 0.05) is 5.56 Å². The van der Waals surface area contributed by atoms with E-state index < -0.39 is 29.2 Å². The van der Waals surface area contributed by atoms with Crippen LogP contribution in [0, 0.1) is 19.8 Å². The second kappa shape index (κ2) is 11.7. The molecule has 0 aliphatic rings. The molecule has 1 heterocycles. The minimum Gasteiger partial charge on any atom is -0.482 e. The molecular formula is C29H34F3NO3S. The van der Waals surface area contributed by atoms with Gasteiger partial charge >= 0.3 is 12.1 Å². The van der Waals surface area contributed by atoms with E-state index in [1.165, 1.54) is 23.5 Å². The second-order valence-corrected chi connectivity index (χ2v) is 10.9. The van der Waals surface area contributed by atoms with Crippen molar-refractivity contribution in [2.45, 2.75) is 78.5 Å². The Morgan fingerprint density at radius 3 is 2.32 bits per heavy atom. The first-order chi connectivity index (χ1) is 17.3. The van der Waals surface area contributed by atoms with Crippen LogP contribution in [-0.4, -0.2) is 16.1 Å². The number of aromatic nitrogens is 1. The fourth-order valence-corrected chi connectivity index (χ4v) is 5.51. The molecule has 0 spiro atoms. The zero-order valence-electron chi connectivity index (χ0n) is 21.9. The maximum absolute atomic E-state index is 12.9. The van der Waals surface area contributed by atoms with Crippen molar-refractivity contribution in [1.82, 2.24) is 4.98 Å². The van der Waals surface area contributed by atoms with Crippen LogP contribution in [0.25, 0.3) is 10.6 Å². The summed E-state index contributed by atoms with van der Waals surface area (Å²) < 4.78 is 45.1. The van der Waals surface area contributed by atoms with Gasteiger partial charge in [-0.05, 0) is 75.9 Å². The molecule has 0 bridgehead atoms. The van der Waals surface area contributed by atoms with Gasteiger partial charge in [-0.2, -0.15) is 13.2 Å². The first-order valence-electron chi connectivity index (χ1n) is 12.5. The number of carbonyl (C=O) groups is 1. The minimum atomic E-state index is -4.38. The number of aryl methyl sites for hydroxylation is 2. The molecule has 0 aliphatic heterocycles. The van der Waals surface area contributed by atoms with E-state index in [1.54, 1.807) is 0 Å². The number of benzene rings is 2. The number of unbranched alkanes of at least 4 members (excludes halogenated alkanes) is 2. The highest BCUT2D eigenvalue weighted by atomic mass is 32.1. The number of carboxylic acids is 1. The third-order valence-corrected chi connectivity index (χ3v) is 7.97. The Hall–Kier alpha value is -2.87. The molecule has 37 heavy (non-hydrogen) atoms. The normalized spacial score (nSPS) is 13.0. The van der Waals surface area contributed by atoms with Crippen molar-refractivity contribution in [3.8, 4) is 16.3 Å². The van der Waals surface area contributed by atoms with Crippen molar-refractivity contribution in [1.29, 1.82) is 0 Å². The van der Waals surface area contributed by atoms with Crippen LogP contribution >= 0.6 is 11.3 Å². The number of carboxylic acid groups (broad SMARTS) is 1. The lowest BCUT2D eigenvalue weighted by molar-refractivity contribution is -0.142. The van der Waals surface area contributed by atoms with Gasteiger partial charge in [0.2, 0.25) is 0 Å². The molecule has 2 aromatic carbocycles. The van der Waals surface area contributed by atoms with Crippen molar-refractivity contribution in [3.05, 3.63) is 69.7 Å². The van der Waals surface area contributed by atoms with E-state index >= 15 is 0 Å². The van der Waals surface area contributed by atoms with Crippen molar-refractivity contribution < 1.29 is 27.8 Å². The summed E-state index contributed by atoms with van der Waals surface area (Å²) in [5.74, 6) is -0.508. The number of alkyl halides is 3. The van der Waals surface area contributed by atoms with Crippen LogP contribution in [0.15, 0.2) is 42.5 Å². The Balaban J connectivity index is 1.76. The summed E-state index contributed by atoms with van der Waals surface area (Å²) in [5.41, 5.74) is 1.92. The van der Waals surface area contributed by atoms with E-state index in [2.05, 4.69) is 11.9 Å². The monoisotopic (exact) mass is 533 g/mol. The summed E-state index contributed by atoms with van der Waals surface area (Å²) in [6.45, 7) is 9.79. The molecule has 3 aromatic rings. The molecule has 1 unspecified atom stereocenters. The fourth-order valence-electron chi connectivity index (χ4n) is 4.40. The van der Waals surface area contributed by atoms with Gasteiger partial charge in [-0.25, -0.2) is 4.98 Å². The number of rotatable bonds is 11. The minimum absolute atomic E-state index is 0.406. The van der Waals surface area contributed by atoms with E-state index in [0.29, 0.717) is 29.2 Å². The Bertz CT molecular complexity index is 1220. The molecule has 0 aliphatic carbocycles.